The van der Waals surface area contributed by atoms with Gasteiger partial charge in [-0.15, -0.1) is 0 Å². The molecule has 0 saturated carbocycles. The van der Waals surface area contributed by atoms with Crippen LogP contribution in [0.25, 0.3) is 17.0 Å². The molecule has 0 aliphatic carbocycles. The summed E-state index contributed by atoms with van der Waals surface area (Å²) in [4.78, 5) is 14.6. The zero-order valence-corrected chi connectivity index (χ0v) is 17.3. The highest BCUT2D eigenvalue weighted by atomic mass is 16.5. The molecule has 0 unspecified atom stereocenters. The van der Waals surface area contributed by atoms with Gasteiger partial charge in [0.1, 0.15) is 0 Å². The highest BCUT2D eigenvalue weighted by Gasteiger charge is 2.21. The third-order valence-corrected chi connectivity index (χ3v) is 4.96. The first kappa shape index (κ1) is 20.8. The number of hydroxylamine groups is 1. The maximum Gasteiger partial charge on any atom is 0.267 e. The molecule has 3 rings (SSSR count). The number of hydrogen-bond donors (Lipinski definition) is 4. The molecule has 0 atom stereocenters. The molecule has 5 heteroatoms. The van der Waals surface area contributed by atoms with Crippen LogP contribution in [0.3, 0.4) is 0 Å². The third kappa shape index (κ3) is 5.34. The number of aromatic nitrogens is 1. The maximum absolute atomic E-state index is 11.0. The molecule has 0 fully saturated rings. The molecule has 2 aromatic carbocycles. The van der Waals surface area contributed by atoms with Crippen molar-refractivity contribution in [3.05, 3.63) is 77.0 Å². The van der Waals surface area contributed by atoms with Crippen LogP contribution in [0.2, 0.25) is 0 Å². The van der Waals surface area contributed by atoms with Gasteiger partial charge in [-0.25, -0.2) is 5.48 Å². The fourth-order valence-corrected chi connectivity index (χ4v) is 3.50. The maximum atomic E-state index is 11.0. The summed E-state index contributed by atoms with van der Waals surface area (Å²) in [5.41, 5.74) is 7.65. The van der Waals surface area contributed by atoms with Crippen molar-refractivity contribution < 1.29 is 10.0 Å². The molecule has 5 nitrogen and oxygen atoms in total. The van der Waals surface area contributed by atoms with Gasteiger partial charge in [0.25, 0.3) is 5.91 Å². The van der Waals surface area contributed by atoms with Gasteiger partial charge in [0.05, 0.1) is 0 Å². The van der Waals surface area contributed by atoms with Crippen LogP contribution in [0.4, 0.5) is 0 Å². The van der Waals surface area contributed by atoms with Crippen LogP contribution in [0.5, 0.6) is 0 Å². The first-order valence-electron chi connectivity index (χ1n) is 9.90. The van der Waals surface area contributed by atoms with Crippen molar-refractivity contribution >= 4 is 22.9 Å². The van der Waals surface area contributed by atoms with Gasteiger partial charge in [0.15, 0.2) is 0 Å². The Hall–Kier alpha value is -2.89. The lowest BCUT2D eigenvalue weighted by Gasteiger charge is -2.19. The molecule has 0 radical (unpaired) electrons. The smallest absolute Gasteiger partial charge is 0.267 e. The highest BCUT2D eigenvalue weighted by molar-refractivity contribution is 5.90. The van der Waals surface area contributed by atoms with Gasteiger partial charge >= 0.3 is 0 Å². The zero-order valence-electron chi connectivity index (χ0n) is 17.3. The van der Waals surface area contributed by atoms with Gasteiger partial charge in [-0.05, 0) is 41.8 Å². The predicted octanol–water partition coefficient (Wildman–Crippen LogP) is 4.32. The van der Waals surface area contributed by atoms with Crippen LogP contribution in [0.15, 0.2) is 54.6 Å². The average molecular weight is 392 g/mol. The van der Waals surface area contributed by atoms with Gasteiger partial charge in [0.2, 0.25) is 0 Å². The Kier molecular flexibility index (Phi) is 6.52. The lowest BCUT2D eigenvalue weighted by Crippen LogP contribution is -2.19. The minimum Gasteiger partial charge on any atom is -0.358 e. The lowest BCUT2D eigenvalue weighted by atomic mass is 9.88. The number of para-hydroxylation sites is 1. The number of amides is 1. The van der Waals surface area contributed by atoms with E-state index in [9.17, 15) is 4.79 Å². The SMILES string of the molecule is CC(C)(C)c1[nH]c2ccccc2c1CCNCc1ccc(/C=C/C(=O)NO)cc1. The zero-order chi connectivity index (χ0) is 20.9. The number of carbonyl (C=O) groups is 1. The van der Waals surface area contributed by atoms with E-state index >= 15 is 0 Å². The number of carbonyl (C=O) groups excluding carboxylic acids is 1. The second kappa shape index (κ2) is 9.07. The first-order valence-corrected chi connectivity index (χ1v) is 9.90. The van der Waals surface area contributed by atoms with Crippen molar-refractivity contribution in [1.29, 1.82) is 0 Å². The van der Waals surface area contributed by atoms with Gasteiger partial charge < -0.3 is 10.3 Å². The van der Waals surface area contributed by atoms with Crippen LogP contribution in [-0.4, -0.2) is 22.6 Å². The standard InChI is InChI=1S/C24H29N3O2/c1-24(2,3)23-20(19-6-4-5-7-21(19)26-23)14-15-25-16-18-10-8-17(9-11-18)12-13-22(28)27-29/h4-13,25-26,29H,14-16H2,1-3H3,(H,27,28)/b13-12+. The van der Waals surface area contributed by atoms with Crippen LogP contribution < -0.4 is 10.8 Å². The molecular formula is C24H29N3O2. The van der Waals surface area contributed by atoms with E-state index in [1.165, 1.54) is 33.8 Å². The third-order valence-electron chi connectivity index (χ3n) is 4.96. The van der Waals surface area contributed by atoms with E-state index in [0.717, 1.165) is 25.1 Å². The van der Waals surface area contributed by atoms with E-state index in [1.54, 1.807) is 11.6 Å². The number of fused-ring (bicyclic) bond motifs is 1. The number of hydrogen-bond acceptors (Lipinski definition) is 3. The molecule has 0 aliphatic heterocycles. The van der Waals surface area contributed by atoms with Crippen molar-refractivity contribution in [3.63, 3.8) is 0 Å². The Bertz CT molecular complexity index is 995. The van der Waals surface area contributed by atoms with Crippen molar-refractivity contribution in [2.45, 2.75) is 39.2 Å². The Morgan fingerprint density at radius 1 is 1.10 bits per heavy atom. The van der Waals surface area contributed by atoms with Crippen LogP contribution in [0.1, 0.15) is 43.2 Å². The normalized spacial score (nSPS) is 12.0. The summed E-state index contributed by atoms with van der Waals surface area (Å²) in [7, 11) is 0. The van der Waals surface area contributed by atoms with E-state index in [0.29, 0.717) is 0 Å². The molecule has 1 heterocycles. The molecule has 0 aliphatic rings. The molecule has 0 saturated heterocycles. The number of H-pyrrole nitrogens is 1. The Morgan fingerprint density at radius 3 is 2.52 bits per heavy atom. The summed E-state index contributed by atoms with van der Waals surface area (Å²) in [5, 5.41) is 13.3. The van der Waals surface area contributed by atoms with E-state index in [2.05, 4.69) is 55.3 Å². The van der Waals surface area contributed by atoms with E-state index in [1.807, 2.05) is 24.3 Å². The van der Waals surface area contributed by atoms with Gasteiger partial charge in [-0.1, -0.05) is 63.2 Å². The largest absolute Gasteiger partial charge is 0.358 e. The molecule has 1 aromatic heterocycles. The number of aromatic amines is 1. The Balaban J connectivity index is 1.60. The van der Waals surface area contributed by atoms with Crippen LogP contribution in [-0.2, 0) is 23.2 Å². The second-order valence-corrected chi connectivity index (χ2v) is 8.25. The molecule has 3 aromatic rings. The van der Waals surface area contributed by atoms with E-state index < -0.39 is 5.91 Å². The molecule has 152 valence electrons. The summed E-state index contributed by atoms with van der Waals surface area (Å²) in [5.74, 6) is -0.539. The Labute approximate surface area is 171 Å². The predicted molar refractivity (Wildman–Crippen MR) is 118 cm³/mol. The topological polar surface area (TPSA) is 77.2 Å². The van der Waals surface area contributed by atoms with Gasteiger partial charge in [0, 0.05) is 34.6 Å². The molecule has 29 heavy (non-hydrogen) atoms. The summed E-state index contributed by atoms with van der Waals surface area (Å²) in [6.07, 6.45) is 3.92. The lowest BCUT2D eigenvalue weighted by molar-refractivity contribution is -0.124. The van der Waals surface area contributed by atoms with Crippen LogP contribution in [0, 0.1) is 0 Å². The summed E-state index contributed by atoms with van der Waals surface area (Å²) in [6.45, 7) is 8.41. The van der Waals surface area contributed by atoms with Crippen molar-refractivity contribution in [2.75, 3.05) is 6.54 Å². The average Bonchev–Trinajstić information content (AvgIpc) is 3.09. The monoisotopic (exact) mass is 391 g/mol. The fraction of sp³-hybridized carbons (Fsp3) is 0.292. The molecule has 0 bridgehead atoms. The van der Waals surface area contributed by atoms with Crippen molar-refractivity contribution in [2.24, 2.45) is 0 Å². The minimum atomic E-state index is -0.539. The van der Waals surface area contributed by atoms with Gasteiger partial charge in [-0.2, -0.15) is 0 Å². The van der Waals surface area contributed by atoms with E-state index in [4.69, 9.17) is 5.21 Å². The summed E-state index contributed by atoms with van der Waals surface area (Å²) in [6, 6.07) is 16.5. The molecule has 4 N–H and O–H groups in total. The molecule has 0 spiro atoms. The first-order chi connectivity index (χ1) is 13.9. The van der Waals surface area contributed by atoms with Gasteiger partial charge in [-0.3, -0.25) is 10.0 Å². The molecular weight excluding hydrogens is 362 g/mol. The molecule has 1 amide bonds. The number of nitrogens with one attached hydrogen (secondary N) is 3. The Morgan fingerprint density at radius 2 is 1.83 bits per heavy atom. The fourth-order valence-electron chi connectivity index (χ4n) is 3.50. The second-order valence-electron chi connectivity index (χ2n) is 8.25. The summed E-state index contributed by atoms with van der Waals surface area (Å²) >= 11 is 0. The quantitative estimate of drug-likeness (QED) is 0.210. The van der Waals surface area contributed by atoms with Crippen molar-refractivity contribution in [1.82, 2.24) is 15.8 Å². The highest BCUT2D eigenvalue weighted by Crippen LogP contribution is 2.31. The van der Waals surface area contributed by atoms with Crippen LogP contribution >= 0.6 is 0 Å². The minimum absolute atomic E-state index is 0.0740. The van der Waals surface area contributed by atoms with Crippen molar-refractivity contribution in [3.8, 4) is 0 Å². The number of benzene rings is 2. The number of rotatable bonds is 7. The summed E-state index contributed by atoms with van der Waals surface area (Å²) < 4.78 is 0. The van der Waals surface area contributed by atoms with E-state index in [-0.39, 0.29) is 5.41 Å².